The van der Waals surface area contributed by atoms with Crippen LogP contribution in [0.25, 0.3) is 5.65 Å². The summed E-state index contributed by atoms with van der Waals surface area (Å²) in [5, 5.41) is 14.5. The molecule has 2 N–H and O–H groups in total. The van der Waals surface area contributed by atoms with Crippen LogP contribution in [-0.2, 0) is 11.3 Å². The topological polar surface area (TPSA) is 86.9 Å². The van der Waals surface area contributed by atoms with Crippen LogP contribution in [-0.4, -0.2) is 59.1 Å². The van der Waals surface area contributed by atoms with E-state index in [-0.39, 0.29) is 5.91 Å². The summed E-state index contributed by atoms with van der Waals surface area (Å²) in [5.74, 6) is 1.49. The predicted molar refractivity (Wildman–Crippen MR) is 84.5 cm³/mol. The molecule has 2 rings (SSSR count). The molecule has 0 atom stereocenters. The van der Waals surface area contributed by atoms with Gasteiger partial charge in [0.25, 0.3) is 0 Å². The van der Waals surface area contributed by atoms with E-state index in [9.17, 15) is 4.79 Å². The molecule has 0 aliphatic rings. The van der Waals surface area contributed by atoms with Gasteiger partial charge >= 0.3 is 0 Å². The van der Waals surface area contributed by atoms with Crippen molar-refractivity contribution in [3.8, 4) is 0 Å². The van der Waals surface area contributed by atoms with Gasteiger partial charge in [0.15, 0.2) is 17.4 Å². The number of rotatable bonds is 5. The first-order chi connectivity index (χ1) is 10.6. The van der Waals surface area contributed by atoms with Gasteiger partial charge in [-0.05, 0) is 12.1 Å². The van der Waals surface area contributed by atoms with Gasteiger partial charge in [-0.15, -0.1) is 10.2 Å². The minimum absolute atomic E-state index is 0.0754. The number of hydrogen-bond donors (Lipinski definition) is 2. The number of nitrogens with one attached hydrogen (secondary N) is 2. The van der Waals surface area contributed by atoms with Gasteiger partial charge in [-0.1, -0.05) is 6.07 Å². The molecule has 2 heterocycles. The Kier molecular flexibility index (Phi) is 5.29. The van der Waals surface area contributed by atoms with Crippen LogP contribution in [0.2, 0.25) is 0 Å². The number of pyridine rings is 1. The van der Waals surface area contributed by atoms with E-state index in [4.69, 9.17) is 0 Å². The van der Waals surface area contributed by atoms with Crippen LogP contribution in [0.5, 0.6) is 0 Å². The molecule has 0 saturated heterocycles. The molecule has 118 valence electrons. The SMILES string of the molecule is CN=C(NCCC(=O)N(C)C)NCc1nnc2ccccn12. The van der Waals surface area contributed by atoms with E-state index >= 15 is 0 Å². The highest BCUT2D eigenvalue weighted by Crippen LogP contribution is 2.02. The van der Waals surface area contributed by atoms with Gasteiger partial charge in [-0.25, -0.2) is 0 Å². The summed E-state index contributed by atoms with van der Waals surface area (Å²) in [6.45, 7) is 1.02. The second kappa shape index (κ2) is 7.39. The third-order valence-corrected chi connectivity index (χ3v) is 3.15. The van der Waals surface area contributed by atoms with Crippen molar-refractivity contribution in [2.75, 3.05) is 27.7 Å². The van der Waals surface area contributed by atoms with Crippen LogP contribution >= 0.6 is 0 Å². The highest BCUT2D eigenvalue weighted by atomic mass is 16.2. The van der Waals surface area contributed by atoms with E-state index in [1.165, 1.54) is 0 Å². The molecule has 0 saturated carbocycles. The summed E-state index contributed by atoms with van der Waals surface area (Å²) < 4.78 is 1.91. The zero-order chi connectivity index (χ0) is 15.9. The molecule has 8 heteroatoms. The van der Waals surface area contributed by atoms with Gasteiger partial charge in [0.05, 0.1) is 6.54 Å². The molecule has 0 aliphatic carbocycles. The van der Waals surface area contributed by atoms with Crippen LogP contribution in [0, 0.1) is 0 Å². The normalized spacial score (nSPS) is 11.5. The number of amides is 1. The standard InChI is InChI=1S/C14H21N7O/c1-15-14(16-8-7-13(22)20(2)3)17-10-12-19-18-11-6-4-5-9-21(11)12/h4-6,9H,7-8,10H2,1-3H3,(H2,15,16,17). The zero-order valence-electron chi connectivity index (χ0n) is 13.1. The Labute approximate surface area is 129 Å². The smallest absolute Gasteiger partial charge is 0.223 e. The number of aliphatic imine (C=N–C) groups is 1. The third-order valence-electron chi connectivity index (χ3n) is 3.15. The largest absolute Gasteiger partial charge is 0.356 e. The highest BCUT2D eigenvalue weighted by molar-refractivity contribution is 5.81. The molecule has 22 heavy (non-hydrogen) atoms. The van der Waals surface area contributed by atoms with Crippen LogP contribution < -0.4 is 10.6 Å². The Balaban J connectivity index is 1.85. The molecule has 0 radical (unpaired) electrons. The second-order valence-electron chi connectivity index (χ2n) is 4.94. The Hall–Kier alpha value is -2.64. The summed E-state index contributed by atoms with van der Waals surface area (Å²) in [6.07, 6.45) is 2.33. The quantitative estimate of drug-likeness (QED) is 0.594. The average molecular weight is 303 g/mol. The minimum Gasteiger partial charge on any atom is -0.356 e. The maximum Gasteiger partial charge on any atom is 0.223 e. The van der Waals surface area contributed by atoms with E-state index in [0.29, 0.717) is 25.5 Å². The predicted octanol–water partition coefficient (Wildman–Crippen LogP) is -0.127. The molecule has 2 aromatic heterocycles. The Morgan fingerprint density at radius 2 is 2.14 bits per heavy atom. The monoisotopic (exact) mass is 303 g/mol. The van der Waals surface area contributed by atoms with Crippen molar-refractivity contribution in [1.29, 1.82) is 0 Å². The molecule has 1 amide bonds. The van der Waals surface area contributed by atoms with E-state index < -0.39 is 0 Å². The van der Waals surface area contributed by atoms with Crippen LogP contribution in [0.3, 0.4) is 0 Å². The molecule has 0 unspecified atom stereocenters. The Morgan fingerprint density at radius 3 is 2.86 bits per heavy atom. The maximum atomic E-state index is 11.5. The second-order valence-corrected chi connectivity index (χ2v) is 4.94. The van der Waals surface area contributed by atoms with E-state index in [0.717, 1.165) is 11.5 Å². The lowest BCUT2D eigenvalue weighted by atomic mass is 10.4. The van der Waals surface area contributed by atoms with E-state index in [2.05, 4.69) is 25.8 Å². The van der Waals surface area contributed by atoms with Gasteiger partial charge in [0.2, 0.25) is 5.91 Å². The van der Waals surface area contributed by atoms with E-state index in [1.54, 1.807) is 26.0 Å². The fourth-order valence-corrected chi connectivity index (χ4v) is 1.91. The lowest BCUT2D eigenvalue weighted by Crippen LogP contribution is -2.39. The van der Waals surface area contributed by atoms with Gasteiger partial charge in [-0.3, -0.25) is 14.2 Å². The molecule has 0 fully saturated rings. The molecule has 8 nitrogen and oxygen atoms in total. The van der Waals surface area contributed by atoms with Crippen LogP contribution in [0.1, 0.15) is 12.2 Å². The lowest BCUT2D eigenvalue weighted by molar-refractivity contribution is -0.128. The maximum absolute atomic E-state index is 11.5. The molecule has 0 aliphatic heterocycles. The molecule has 0 bridgehead atoms. The van der Waals surface area contributed by atoms with Crippen LogP contribution in [0.15, 0.2) is 29.4 Å². The lowest BCUT2D eigenvalue weighted by Gasteiger charge is -2.13. The first kappa shape index (κ1) is 15.7. The average Bonchev–Trinajstić information content (AvgIpc) is 2.93. The van der Waals surface area contributed by atoms with Gasteiger partial charge in [0.1, 0.15) is 0 Å². The molecule has 0 aromatic carbocycles. The number of fused-ring (bicyclic) bond motifs is 1. The summed E-state index contributed by atoms with van der Waals surface area (Å²) >= 11 is 0. The number of hydrogen-bond acceptors (Lipinski definition) is 4. The molecule has 2 aromatic rings. The van der Waals surface area contributed by atoms with Crippen molar-refractivity contribution in [3.05, 3.63) is 30.2 Å². The van der Waals surface area contributed by atoms with Crippen molar-refractivity contribution in [2.24, 2.45) is 4.99 Å². The fourth-order valence-electron chi connectivity index (χ4n) is 1.91. The van der Waals surface area contributed by atoms with E-state index in [1.807, 2.05) is 28.8 Å². The molecular formula is C14H21N7O. The number of aromatic nitrogens is 3. The van der Waals surface area contributed by atoms with Crippen LogP contribution in [0.4, 0.5) is 0 Å². The zero-order valence-corrected chi connectivity index (χ0v) is 13.1. The highest BCUT2D eigenvalue weighted by Gasteiger charge is 2.07. The van der Waals surface area contributed by atoms with Crippen molar-refractivity contribution in [3.63, 3.8) is 0 Å². The van der Waals surface area contributed by atoms with Crippen molar-refractivity contribution < 1.29 is 4.79 Å². The summed E-state index contributed by atoms with van der Waals surface area (Å²) in [5.41, 5.74) is 0.804. The summed E-state index contributed by atoms with van der Waals surface area (Å²) in [7, 11) is 5.17. The number of carbonyl (C=O) groups is 1. The first-order valence-corrected chi connectivity index (χ1v) is 7.05. The van der Waals surface area contributed by atoms with Gasteiger partial charge < -0.3 is 15.5 Å². The van der Waals surface area contributed by atoms with Gasteiger partial charge in [-0.2, -0.15) is 0 Å². The number of carbonyl (C=O) groups excluding carboxylic acids is 1. The molecule has 0 spiro atoms. The van der Waals surface area contributed by atoms with Crippen molar-refractivity contribution in [1.82, 2.24) is 30.1 Å². The summed E-state index contributed by atoms with van der Waals surface area (Å²) in [4.78, 5) is 17.2. The Bertz CT molecular complexity index is 662. The van der Waals surface area contributed by atoms with Gasteiger partial charge in [0, 0.05) is 40.3 Å². The van der Waals surface area contributed by atoms with Crippen molar-refractivity contribution in [2.45, 2.75) is 13.0 Å². The minimum atomic E-state index is 0.0754. The number of nitrogens with zero attached hydrogens (tertiary/aromatic N) is 5. The fraction of sp³-hybridized carbons (Fsp3) is 0.429. The molecular weight excluding hydrogens is 282 g/mol. The third kappa shape index (κ3) is 3.94. The summed E-state index contributed by atoms with van der Waals surface area (Å²) in [6, 6.07) is 5.75. The Morgan fingerprint density at radius 1 is 1.32 bits per heavy atom. The van der Waals surface area contributed by atoms with Crippen molar-refractivity contribution >= 4 is 17.5 Å². The number of guanidine groups is 1. The first-order valence-electron chi connectivity index (χ1n) is 7.05.